The van der Waals surface area contributed by atoms with Gasteiger partial charge in [-0.1, -0.05) is 56.7 Å². The lowest BCUT2D eigenvalue weighted by Gasteiger charge is -2.38. The third-order valence-electron chi connectivity index (χ3n) is 7.67. The molecule has 1 aromatic rings. The van der Waals surface area contributed by atoms with Crippen molar-refractivity contribution >= 4 is 0 Å². The molecule has 0 amide bonds. The zero-order valence-corrected chi connectivity index (χ0v) is 19.1. The molecule has 2 fully saturated rings. The molecule has 0 N–H and O–H groups in total. The van der Waals surface area contributed by atoms with Crippen LogP contribution in [0, 0.1) is 29.1 Å². The van der Waals surface area contributed by atoms with Crippen molar-refractivity contribution in [2.24, 2.45) is 17.3 Å². The highest BCUT2D eigenvalue weighted by atomic mass is 19.4. The van der Waals surface area contributed by atoms with Gasteiger partial charge in [-0.3, -0.25) is 0 Å². The molecule has 3 rings (SSSR count). The van der Waals surface area contributed by atoms with E-state index in [2.05, 4.69) is 37.8 Å². The van der Waals surface area contributed by atoms with E-state index in [0.717, 1.165) is 37.2 Å². The van der Waals surface area contributed by atoms with Crippen LogP contribution in [0.1, 0.15) is 102 Å². The fourth-order valence-electron chi connectivity index (χ4n) is 5.56. The van der Waals surface area contributed by atoms with E-state index in [0.29, 0.717) is 17.3 Å². The molecule has 2 aliphatic rings. The van der Waals surface area contributed by atoms with E-state index >= 15 is 0 Å². The fourth-order valence-corrected chi connectivity index (χ4v) is 5.56. The molecule has 0 aromatic heterocycles. The van der Waals surface area contributed by atoms with Gasteiger partial charge in [0, 0.05) is 5.92 Å². The van der Waals surface area contributed by atoms with Gasteiger partial charge in [0.1, 0.15) is 0 Å². The number of hydrogen-bond donors (Lipinski definition) is 0. The highest BCUT2D eigenvalue weighted by Gasteiger charge is 2.32. The normalized spacial score (nSPS) is 29.5. The van der Waals surface area contributed by atoms with Crippen molar-refractivity contribution in [3.63, 3.8) is 0 Å². The van der Waals surface area contributed by atoms with Crippen LogP contribution in [0.4, 0.5) is 13.2 Å². The predicted octanol–water partition coefficient (Wildman–Crippen LogP) is 8.93. The summed E-state index contributed by atoms with van der Waals surface area (Å²) in [5.74, 6) is 8.47. The zero-order valence-electron chi connectivity index (χ0n) is 19.1. The van der Waals surface area contributed by atoms with Crippen molar-refractivity contribution in [2.75, 3.05) is 0 Å². The first-order chi connectivity index (χ1) is 14.8. The van der Waals surface area contributed by atoms with Gasteiger partial charge in [-0.25, -0.2) is 0 Å². The van der Waals surface area contributed by atoms with Crippen LogP contribution in [0.25, 0.3) is 0 Å². The van der Waals surface area contributed by atoms with Crippen LogP contribution in [-0.2, 0) is 6.18 Å². The Morgan fingerprint density at radius 2 is 1.61 bits per heavy atom. The predicted molar refractivity (Wildman–Crippen MR) is 123 cm³/mol. The summed E-state index contributed by atoms with van der Waals surface area (Å²) in [6, 6.07) is 5.74. The van der Waals surface area contributed by atoms with Crippen molar-refractivity contribution in [2.45, 2.75) is 96.6 Å². The molecule has 0 saturated heterocycles. The molecule has 0 heterocycles. The molecule has 2 saturated carbocycles. The Hall–Kier alpha value is -1.69. The molecule has 0 bridgehead atoms. The summed E-state index contributed by atoms with van der Waals surface area (Å²) in [5.41, 5.74) is 0.824. The summed E-state index contributed by atoms with van der Waals surface area (Å²) in [4.78, 5) is 0. The highest BCUT2D eigenvalue weighted by molar-refractivity contribution is 5.28. The number of benzene rings is 1. The van der Waals surface area contributed by atoms with Gasteiger partial charge in [-0.05, 0) is 98.8 Å². The Morgan fingerprint density at radius 1 is 0.968 bits per heavy atom. The average Bonchev–Trinajstić information content (AvgIpc) is 2.77. The fraction of sp³-hybridized carbons (Fsp3) is 0.643. The average molecular weight is 431 g/mol. The van der Waals surface area contributed by atoms with Crippen LogP contribution in [0.15, 0.2) is 36.4 Å². The third-order valence-corrected chi connectivity index (χ3v) is 7.67. The van der Waals surface area contributed by atoms with Gasteiger partial charge < -0.3 is 0 Å². The first-order valence-corrected chi connectivity index (χ1v) is 12.2. The van der Waals surface area contributed by atoms with Crippen molar-refractivity contribution < 1.29 is 13.2 Å². The summed E-state index contributed by atoms with van der Waals surface area (Å²) >= 11 is 0. The molecule has 0 spiro atoms. The number of rotatable bonds is 5. The molecule has 0 atom stereocenters. The van der Waals surface area contributed by atoms with E-state index in [4.69, 9.17) is 0 Å². The minimum Gasteiger partial charge on any atom is -0.166 e. The number of hydrogen-bond acceptors (Lipinski definition) is 0. The first kappa shape index (κ1) is 24.0. The van der Waals surface area contributed by atoms with Gasteiger partial charge >= 0.3 is 6.18 Å². The van der Waals surface area contributed by atoms with Crippen molar-refractivity contribution in [3.05, 3.63) is 47.5 Å². The van der Waals surface area contributed by atoms with Gasteiger partial charge in [0.25, 0.3) is 0 Å². The second kappa shape index (κ2) is 10.8. The number of alkyl halides is 3. The van der Waals surface area contributed by atoms with E-state index in [1.54, 1.807) is 12.1 Å². The summed E-state index contributed by atoms with van der Waals surface area (Å²) in [7, 11) is 0. The quantitative estimate of drug-likeness (QED) is 0.409. The molecule has 0 nitrogen and oxygen atoms in total. The molecule has 1 aromatic carbocycles. The van der Waals surface area contributed by atoms with Crippen LogP contribution in [0.3, 0.4) is 0 Å². The summed E-state index contributed by atoms with van der Waals surface area (Å²) in [6.45, 7) is 4.59. The van der Waals surface area contributed by atoms with E-state index in [1.165, 1.54) is 57.1 Å². The van der Waals surface area contributed by atoms with Gasteiger partial charge in [-0.2, -0.15) is 13.2 Å². The molecular weight excluding hydrogens is 393 g/mol. The Balaban J connectivity index is 1.51. The highest BCUT2D eigenvalue weighted by Crippen LogP contribution is 2.44. The smallest absolute Gasteiger partial charge is 0.166 e. The topological polar surface area (TPSA) is 0 Å². The maximum Gasteiger partial charge on any atom is 0.416 e. The maximum absolute atomic E-state index is 12.8. The van der Waals surface area contributed by atoms with Gasteiger partial charge in [-0.15, -0.1) is 0 Å². The molecule has 3 heteroatoms. The van der Waals surface area contributed by atoms with Gasteiger partial charge in [0.15, 0.2) is 0 Å². The maximum atomic E-state index is 12.8. The van der Waals surface area contributed by atoms with Crippen LogP contribution in [0.2, 0.25) is 0 Å². The lowest BCUT2D eigenvalue weighted by Crippen LogP contribution is -2.25. The number of halogens is 3. The molecule has 0 aliphatic heterocycles. The monoisotopic (exact) mass is 430 g/mol. The van der Waals surface area contributed by atoms with Crippen LogP contribution in [0.5, 0.6) is 0 Å². The number of allylic oxidation sites excluding steroid dienone is 2. The van der Waals surface area contributed by atoms with Crippen molar-refractivity contribution in [3.8, 4) is 11.8 Å². The van der Waals surface area contributed by atoms with Crippen molar-refractivity contribution in [1.29, 1.82) is 0 Å². The van der Waals surface area contributed by atoms with Crippen LogP contribution < -0.4 is 0 Å². The Labute approximate surface area is 186 Å². The van der Waals surface area contributed by atoms with E-state index in [-0.39, 0.29) is 0 Å². The molecular formula is C28H37F3. The van der Waals surface area contributed by atoms with Crippen LogP contribution in [-0.4, -0.2) is 0 Å². The largest absolute Gasteiger partial charge is 0.416 e. The summed E-state index contributed by atoms with van der Waals surface area (Å²) < 4.78 is 38.3. The van der Waals surface area contributed by atoms with Gasteiger partial charge in [0.05, 0.1) is 5.56 Å². The summed E-state index contributed by atoms with van der Waals surface area (Å²) in [6.07, 6.45) is 13.4. The Morgan fingerprint density at radius 3 is 2.16 bits per heavy atom. The van der Waals surface area contributed by atoms with Crippen molar-refractivity contribution in [1.82, 2.24) is 0 Å². The van der Waals surface area contributed by atoms with E-state index in [1.807, 2.05) is 0 Å². The van der Waals surface area contributed by atoms with E-state index in [9.17, 15) is 13.2 Å². The Bertz CT molecular complexity index is 759. The minimum atomic E-state index is -4.26. The second-order valence-electron chi connectivity index (χ2n) is 9.75. The zero-order chi connectivity index (χ0) is 22.3. The SMILES string of the molecule is CCCC1(C=CC#CC2CCC(c3ccc(C(F)(F)F)cc3)CC2)CCC(CC)CC1. The first-order valence-electron chi connectivity index (χ1n) is 12.2. The molecule has 2 aliphatic carbocycles. The third kappa shape index (κ3) is 6.64. The lowest BCUT2D eigenvalue weighted by molar-refractivity contribution is -0.137. The molecule has 0 radical (unpaired) electrons. The minimum absolute atomic E-state index is 0.356. The summed E-state index contributed by atoms with van der Waals surface area (Å²) in [5, 5.41) is 0. The second-order valence-corrected chi connectivity index (χ2v) is 9.75. The van der Waals surface area contributed by atoms with Crippen LogP contribution >= 0.6 is 0 Å². The lowest BCUT2D eigenvalue weighted by atomic mass is 9.67. The molecule has 170 valence electrons. The molecule has 31 heavy (non-hydrogen) atoms. The standard InChI is InChI=1S/C28H37F3/c1-3-18-27(20-16-22(4-2)17-21-27)19-6-5-7-23-8-10-24(11-9-23)25-12-14-26(15-13-25)28(29,30)31/h6,12-15,19,22-24H,3-4,8-11,16-18,20-21H2,1-2H3. The molecule has 0 unspecified atom stereocenters. The Kier molecular flexibility index (Phi) is 8.31. The van der Waals surface area contributed by atoms with Gasteiger partial charge in [0.2, 0.25) is 0 Å². The van der Waals surface area contributed by atoms with E-state index < -0.39 is 11.7 Å².